The molecular formula is C19H30N2O4S. The van der Waals surface area contributed by atoms with Gasteiger partial charge in [0.25, 0.3) is 5.91 Å². The lowest BCUT2D eigenvalue weighted by molar-refractivity contribution is 0.0793. The van der Waals surface area contributed by atoms with Crippen molar-refractivity contribution in [1.82, 2.24) is 9.21 Å². The van der Waals surface area contributed by atoms with Crippen LogP contribution in [0.25, 0.3) is 0 Å². The van der Waals surface area contributed by atoms with Crippen molar-refractivity contribution in [3.63, 3.8) is 0 Å². The van der Waals surface area contributed by atoms with Gasteiger partial charge in [0.05, 0.1) is 7.11 Å². The molecule has 0 aliphatic carbocycles. The van der Waals surface area contributed by atoms with E-state index in [9.17, 15) is 13.2 Å². The summed E-state index contributed by atoms with van der Waals surface area (Å²) in [7, 11) is -0.529. The van der Waals surface area contributed by atoms with Gasteiger partial charge >= 0.3 is 0 Å². The first-order valence-corrected chi connectivity index (χ1v) is 10.7. The number of sulfonamides is 1. The lowest BCUT2D eigenvalue weighted by Gasteiger charge is -2.32. The number of piperidine rings is 1. The maximum Gasteiger partial charge on any atom is 0.253 e. The first-order valence-electron chi connectivity index (χ1n) is 9.28. The van der Waals surface area contributed by atoms with E-state index in [1.807, 2.05) is 6.92 Å². The van der Waals surface area contributed by atoms with Crippen molar-refractivity contribution in [3.05, 3.63) is 23.8 Å². The van der Waals surface area contributed by atoms with Gasteiger partial charge < -0.3 is 9.64 Å². The lowest BCUT2D eigenvalue weighted by atomic mass is 10.1. The maximum atomic E-state index is 13.2. The molecule has 1 aliphatic rings. The Morgan fingerprint density at radius 3 is 2.69 bits per heavy atom. The van der Waals surface area contributed by atoms with E-state index in [-0.39, 0.29) is 22.6 Å². The van der Waals surface area contributed by atoms with Gasteiger partial charge in [0.1, 0.15) is 10.6 Å². The Morgan fingerprint density at radius 1 is 1.35 bits per heavy atom. The van der Waals surface area contributed by atoms with Gasteiger partial charge in [0, 0.05) is 31.7 Å². The minimum atomic E-state index is -3.72. The third kappa shape index (κ3) is 4.38. The summed E-state index contributed by atoms with van der Waals surface area (Å²) in [6.45, 7) is 5.14. The Balaban J connectivity index is 2.39. The van der Waals surface area contributed by atoms with Crippen molar-refractivity contribution in [2.24, 2.45) is 0 Å². The fourth-order valence-corrected chi connectivity index (χ4v) is 5.17. The molecule has 0 radical (unpaired) electrons. The number of rotatable bonds is 7. The Bertz CT molecular complexity index is 733. The monoisotopic (exact) mass is 382 g/mol. The zero-order chi connectivity index (χ0) is 19.3. The third-order valence-electron chi connectivity index (χ3n) is 4.93. The highest BCUT2D eigenvalue weighted by Gasteiger charge is 2.33. The summed E-state index contributed by atoms with van der Waals surface area (Å²) < 4.78 is 33.2. The number of unbranched alkanes of at least 4 members (excludes halogenated alkanes) is 1. The number of ether oxygens (including phenoxy) is 1. The molecule has 0 N–H and O–H groups in total. The molecule has 1 aromatic rings. The molecular weight excluding hydrogens is 352 g/mol. The summed E-state index contributed by atoms with van der Waals surface area (Å²) in [6.07, 6.45) is 4.64. The Kier molecular flexibility index (Phi) is 7.06. The third-order valence-corrected chi connectivity index (χ3v) is 6.97. The molecule has 1 unspecified atom stereocenters. The number of hydrogen-bond acceptors (Lipinski definition) is 4. The Morgan fingerprint density at radius 2 is 2.08 bits per heavy atom. The zero-order valence-corrected chi connectivity index (χ0v) is 17.0. The van der Waals surface area contributed by atoms with Crippen LogP contribution in [0.1, 0.15) is 56.3 Å². The van der Waals surface area contributed by atoms with Gasteiger partial charge in [-0.1, -0.05) is 19.8 Å². The molecule has 1 heterocycles. The van der Waals surface area contributed by atoms with Crippen LogP contribution >= 0.6 is 0 Å². The van der Waals surface area contributed by atoms with E-state index in [2.05, 4.69) is 6.92 Å². The van der Waals surface area contributed by atoms with Gasteiger partial charge in [-0.3, -0.25) is 4.79 Å². The topological polar surface area (TPSA) is 66.9 Å². The molecule has 0 aromatic heterocycles. The van der Waals surface area contributed by atoms with E-state index >= 15 is 0 Å². The van der Waals surface area contributed by atoms with Crippen LogP contribution in [0.2, 0.25) is 0 Å². The second-order valence-electron chi connectivity index (χ2n) is 6.91. The average Bonchev–Trinajstić information content (AvgIpc) is 2.65. The summed E-state index contributed by atoms with van der Waals surface area (Å²) in [5.41, 5.74) is 0.368. The summed E-state index contributed by atoms with van der Waals surface area (Å²) >= 11 is 0. The molecule has 1 aromatic carbocycles. The van der Waals surface area contributed by atoms with E-state index < -0.39 is 10.0 Å². The second kappa shape index (κ2) is 8.86. The largest absolute Gasteiger partial charge is 0.495 e. The van der Waals surface area contributed by atoms with Crippen molar-refractivity contribution < 1.29 is 17.9 Å². The SMILES string of the molecule is CCCCN(C)C(=O)c1ccc(OC)c(S(=O)(=O)N2CCCCC2C)c1. The first kappa shape index (κ1) is 20.7. The van der Waals surface area contributed by atoms with E-state index in [0.29, 0.717) is 18.7 Å². The number of amides is 1. The molecule has 0 spiro atoms. The number of nitrogens with zero attached hydrogens (tertiary/aromatic N) is 2. The molecule has 146 valence electrons. The first-order chi connectivity index (χ1) is 12.3. The van der Waals surface area contributed by atoms with E-state index in [1.165, 1.54) is 17.5 Å². The number of carbonyl (C=O) groups is 1. The Hall–Kier alpha value is -1.60. The number of methoxy groups -OCH3 is 1. The molecule has 0 saturated carbocycles. The van der Waals surface area contributed by atoms with E-state index in [1.54, 1.807) is 24.1 Å². The van der Waals surface area contributed by atoms with Crippen LogP contribution in [0.15, 0.2) is 23.1 Å². The fraction of sp³-hybridized carbons (Fsp3) is 0.632. The predicted octanol–water partition coefficient (Wildman–Crippen LogP) is 3.13. The van der Waals surface area contributed by atoms with Gasteiger partial charge in [0.2, 0.25) is 10.0 Å². The molecule has 1 aliphatic heterocycles. The molecule has 2 rings (SSSR count). The smallest absolute Gasteiger partial charge is 0.253 e. The van der Waals surface area contributed by atoms with E-state index in [4.69, 9.17) is 4.74 Å². The molecule has 0 bridgehead atoms. The van der Waals surface area contributed by atoms with Crippen molar-refractivity contribution in [2.75, 3.05) is 27.2 Å². The standard InChI is InChI=1S/C19H30N2O4S/c1-5-6-12-20(3)19(22)16-10-11-17(25-4)18(14-16)26(23,24)21-13-8-7-9-15(21)2/h10-11,14-15H,5-9,12-13H2,1-4H3. The van der Waals surface area contributed by atoms with Crippen LogP contribution < -0.4 is 4.74 Å². The normalized spacial score (nSPS) is 18.5. The molecule has 1 fully saturated rings. The quantitative estimate of drug-likeness (QED) is 0.727. The number of benzene rings is 1. The Labute approximate surface area is 157 Å². The van der Waals surface area contributed by atoms with Crippen molar-refractivity contribution in [2.45, 2.75) is 56.9 Å². The molecule has 1 amide bonds. The summed E-state index contributed by atoms with van der Waals surface area (Å²) in [5, 5.41) is 0. The van der Waals surface area contributed by atoms with Crippen LogP contribution in [0.3, 0.4) is 0 Å². The molecule has 1 atom stereocenters. The highest BCUT2D eigenvalue weighted by atomic mass is 32.2. The summed E-state index contributed by atoms with van der Waals surface area (Å²) in [5.74, 6) is 0.0970. The zero-order valence-electron chi connectivity index (χ0n) is 16.2. The highest BCUT2D eigenvalue weighted by Crippen LogP contribution is 2.31. The average molecular weight is 383 g/mol. The molecule has 7 heteroatoms. The van der Waals surface area contributed by atoms with Crippen LogP contribution in [0.5, 0.6) is 5.75 Å². The molecule has 1 saturated heterocycles. The summed E-state index contributed by atoms with van der Waals surface area (Å²) in [6, 6.07) is 4.61. The van der Waals surface area contributed by atoms with Crippen molar-refractivity contribution in [3.8, 4) is 5.75 Å². The minimum Gasteiger partial charge on any atom is -0.495 e. The number of carbonyl (C=O) groups excluding carboxylic acids is 1. The fourth-order valence-electron chi connectivity index (χ4n) is 3.28. The second-order valence-corrected chi connectivity index (χ2v) is 8.77. The van der Waals surface area contributed by atoms with Crippen LogP contribution in [-0.4, -0.2) is 56.8 Å². The van der Waals surface area contributed by atoms with Crippen LogP contribution in [-0.2, 0) is 10.0 Å². The van der Waals surface area contributed by atoms with Gasteiger partial charge in [-0.05, 0) is 44.4 Å². The highest BCUT2D eigenvalue weighted by molar-refractivity contribution is 7.89. The van der Waals surface area contributed by atoms with Gasteiger partial charge in [0.15, 0.2) is 0 Å². The predicted molar refractivity (Wildman–Crippen MR) is 102 cm³/mol. The number of hydrogen-bond donors (Lipinski definition) is 0. The van der Waals surface area contributed by atoms with Crippen molar-refractivity contribution >= 4 is 15.9 Å². The summed E-state index contributed by atoms with van der Waals surface area (Å²) in [4.78, 5) is 14.3. The van der Waals surface area contributed by atoms with Crippen LogP contribution in [0, 0.1) is 0 Å². The van der Waals surface area contributed by atoms with Crippen molar-refractivity contribution in [1.29, 1.82) is 0 Å². The van der Waals surface area contributed by atoms with Gasteiger partial charge in [-0.25, -0.2) is 8.42 Å². The van der Waals surface area contributed by atoms with E-state index in [0.717, 1.165) is 32.1 Å². The van der Waals surface area contributed by atoms with Gasteiger partial charge in [-0.15, -0.1) is 0 Å². The maximum absolute atomic E-state index is 13.2. The van der Waals surface area contributed by atoms with Gasteiger partial charge in [-0.2, -0.15) is 4.31 Å². The molecule has 26 heavy (non-hydrogen) atoms. The molecule has 6 nitrogen and oxygen atoms in total. The lowest BCUT2D eigenvalue weighted by Crippen LogP contribution is -2.42. The van der Waals surface area contributed by atoms with Crippen LogP contribution in [0.4, 0.5) is 0 Å². The minimum absolute atomic E-state index is 0.0509.